The SMILES string of the molecule is [CH2]c1cc(F)c[nH]1. The van der Waals surface area contributed by atoms with E-state index in [2.05, 4.69) is 11.9 Å². The first kappa shape index (κ1) is 4.37. The molecule has 0 aliphatic heterocycles. The lowest BCUT2D eigenvalue weighted by atomic mass is 10.5. The fraction of sp³-hybridized carbons (Fsp3) is 0. The molecule has 1 aromatic heterocycles. The molecule has 1 heterocycles. The van der Waals surface area contributed by atoms with Crippen LogP contribution in [0, 0.1) is 12.7 Å². The Morgan fingerprint density at radius 2 is 2.43 bits per heavy atom. The third-order valence-corrected chi connectivity index (χ3v) is 0.708. The maximum atomic E-state index is 11.9. The fourth-order valence-corrected chi connectivity index (χ4v) is 0.411. The number of rotatable bonds is 0. The van der Waals surface area contributed by atoms with E-state index in [-0.39, 0.29) is 5.82 Å². The van der Waals surface area contributed by atoms with Gasteiger partial charge in [0.25, 0.3) is 0 Å². The molecule has 0 spiro atoms. The summed E-state index contributed by atoms with van der Waals surface area (Å²) in [6.07, 6.45) is 1.27. The zero-order valence-electron chi connectivity index (χ0n) is 3.74. The van der Waals surface area contributed by atoms with Gasteiger partial charge in [-0.05, 0) is 13.0 Å². The molecule has 2 heteroatoms. The van der Waals surface area contributed by atoms with Gasteiger partial charge in [-0.2, -0.15) is 0 Å². The number of hydrogen-bond acceptors (Lipinski definition) is 0. The first-order valence-corrected chi connectivity index (χ1v) is 1.95. The van der Waals surface area contributed by atoms with E-state index in [1.54, 1.807) is 0 Å². The Morgan fingerprint density at radius 3 is 2.57 bits per heavy atom. The molecule has 1 rings (SSSR count). The van der Waals surface area contributed by atoms with Crippen LogP contribution in [0.25, 0.3) is 0 Å². The van der Waals surface area contributed by atoms with Crippen molar-refractivity contribution in [2.24, 2.45) is 0 Å². The van der Waals surface area contributed by atoms with Crippen molar-refractivity contribution in [1.29, 1.82) is 0 Å². The largest absolute Gasteiger partial charge is 0.362 e. The summed E-state index contributed by atoms with van der Waals surface area (Å²) in [7, 11) is 0. The zero-order valence-corrected chi connectivity index (χ0v) is 3.74. The first-order valence-electron chi connectivity index (χ1n) is 1.95. The van der Waals surface area contributed by atoms with E-state index in [0.717, 1.165) is 0 Å². The van der Waals surface area contributed by atoms with Crippen LogP contribution in [0.4, 0.5) is 4.39 Å². The Labute approximate surface area is 41.2 Å². The molecular weight excluding hydrogens is 93.1 g/mol. The molecule has 0 unspecified atom stereocenters. The molecule has 0 amide bonds. The van der Waals surface area contributed by atoms with Crippen molar-refractivity contribution in [1.82, 2.24) is 4.98 Å². The number of aromatic amines is 1. The normalized spacial score (nSPS) is 9.43. The van der Waals surface area contributed by atoms with Gasteiger partial charge in [-0.15, -0.1) is 0 Å². The lowest BCUT2D eigenvalue weighted by Crippen LogP contribution is -1.59. The van der Waals surface area contributed by atoms with Crippen LogP contribution < -0.4 is 0 Å². The molecule has 0 bridgehead atoms. The van der Waals surface area contributed by atoms with Crippen molar-refractivity contribution in [2.75, 3.05) is 0 Å². The van der Waals surface area contributed by atoms with Crippen LogP contribution in [0.15, 0.2) is 12.3 Å². The maximum Gasteiger partial charge on any atom is 0.140 e. The standard InChI is InChI=1S/C5H5FN/c1-4-2-5(6)3-7-4/h2-3,7H,1H2. The Morgan fingerprint density at radius 1 is 1.71 bits per heavy atom. The van der Waals surface area contributed by atoms with Crippen molar-refractivity contribution >= 4 is 0 Å². The van der Waals surface area contributed by atoms with Crippen molar-refractivity contribution in [3.05, 3.63) is 30.7 Å². The van der Waals surface area contributed by atoms with Gasteiger partial charge in [0.05, 0.1) is 0 Å². The van der Waals surface area contributed by atoms with Crippen molar-refractivity contribution in [3.8, 4) is 0 Å². The van der Waals surface area contributed by atoms with Crippen LogP contribution in [0.1, 0.15) is 5.69 Å². The summed E-state index contributed by atoms with van der Waals surface area (Å²) in [5, 5.41) is 0. The quantitative estimate of drug-likeness (QED) is 0.504. The minimum absolute atomic E-state index is 0.259. The van der Waals surface area contributed by atoms with Gasteiger partial charge in [0.1, 0.15) is 5.82 Å². The van der Waals surface area contributed by atoms with E-state index < -0.39 is 0 Å². The molecule has 1 N–H and O–H groups in total. The molecule has 0 atom stereocenters. The Kier molecular flexibility index (Phi) is 0.855. The highest BCUT2D eigenvalue weighted by molar-refractivity contribution is 5.08. The van der Waals surface area contributed by atoms with Gasteiger partial charge in [0.15, 0.2) is 0 Å². The number of aromatic nitrogens is 1. The summed E-state index contributed by atoms with van der Waals surface area (Å²) in [6, 6.07) is 1.33. The molecule has 0 saturated heterocycles. The van der Waals surface area contributed by atoms with Crippen LogP contribution in [-0.2, 0) is 0 Å². The number of nitrogens with one attached hydrogen (secondary N) is 1. The molecule has 0 aliphatic carbocycles. The fourth-order valence-electron chi connectivity index (χ4n) is 0.411. The highest BCUT2D eigenvalue weighted by Gasteiger charge is 1.87. The van der Waals surface area contributed by atoms with E-state index in [9.17, 15) is 4.39 Å². The van der Waals surface area contributed by atoms with Gasteiger partial charge in [0.2, 0.25) is 0 Å². The van der Waals surface area contributed by atoms with Gasteiger partial charge in [0, 0.05) is 11.9 Å². The monoisotopic (exact) mass is 98.0 g/mol. The smallest absolute Gasteiger partial charge is 0.140 e. The van der Waals surface area contributed by atoms with Gasteiger partial charge in [-0.3, -0.25) is 0 Å². The summed E-state index contributed by atoms with van der Waals surface area (Å²) >= 11 is 0. The summed E-state index contributed by atoms with van der Waals surface area (Å²) in [5.74, 6) is -0.259. The van der Waals surface area contributed by atoms with Gasteiger partial charge >= 0.3 is 0 Å². The Balaban J connectivity index is 3.04. The minimum Gasteiger partial charge on any atom is -0.362 e. The second-order valence-corrected chi connectivity index (χ2v) is 1.34. The van der Waals surface area contributed by atoms with Crippen molar-refractivity contribution < 1.29 is 4.39 Å². The maximum absolute atomic E-state index is 11.9. The molecule has 1 nitrogen and oxygen atoms in total. The number of hydrogen-bond donors (Lipinski definition) is 1. The predicted molar refractivity (Wildman–Crippen MR) is 25.2 cm³/mol. The van der Waals surface area contributed by atoms with Crippen molar-refractivity contribution in [2.45, 2.75) is 0 Å². The van der Waals surface area contributed by atoms with Crippen LogP contribution >= 0.6 is 0 Å². The second-order valence-electron chi connectivity index (χ2n) is 1.34. The topological polar surface area (TPSA) is 15.8 Å². The molecule has 1 radical (unpaired) electrons. The Hall–Kier alpha value is -0.790. The Bertz CT molecular complexity index is 140. The minimum atomic E-state index is -0.259. The summed E-state index contributed by atoms with van der Waals surface area (Å²) < 4.78 is 11.9. The predicted octanol–water partition coefficient (Wildman–Crippen LogP) is 1.34. The molecule has 0 aromatic carbocycles. The number of H-pyrrole nitrogens is 1. The number of halogens is 1. The average molecular weight is 98.1 g/mol. The van der Waals surface area contributed by atoms with Crippen LogP contribution in [0.5, 0.6) is 0 Å². The molecular formula is C5H5FN. The summed E-state index contributed by atoms with van der Waals surface area (Å²) in [5.41, 5.74) is 0.609. The molecule has 0 fully saturated rings. The lowest BCUT2D eigenvalue weighted by Gasteiger charge is -1.69. The van der Waals surface area contributed by atoms with Crippen LogP contribution in [0.2, 0.25) is 0 Å². The molecule has 1 aromatic rings. The van der Waals surface area contributed by atoms with E-state index in [0.29, 0.717) is 5.69 Å². The summed E-state index contributed by atoms with van der Waals surface area (Å²) in [4.78, 5) is 2.58. The molecule has 37 valence electrons. The molecule has 7 heavy (non-hydrogen) atoms. The van der Waals surface area contributed by atoms with Gasteiger partial charge in [-0.1, -0.05) is 0 Å². The highest BCUT2D eigenvalue weighted by atomic mass is 19.1. The van der Waals surface area contributed by atoms with Gasteiger partial charge in [-0.25, -0.2) is 4.39 Å². The zero-order chi connectivity index (χ0) is 5.28. The third-order valence-electron chi connectivity index (χ3n) is 0.708. The van der Waals surface area contributed by atoms with Gasteiger partial charge < -0.3 is 4.98 Å². The third kappa shape index (κ3) is 0.796. The van der Waals surface area contributed by atoms with E-state index in [1.807, 2.05) is 0 Å². The lowest BCUT2D eigenvalue weighted by molar-refractivity contribution is 0.629. The van der Waals surface area contributed by atoms with Crippen LogP contribution in [-0.4, -0.2) is 4.98 Å². The second kappa shape index (κ2) is 1.37. The highest BCUT2D eigenvalue weighted by Crippen LogP contribution is 1.96. The average Bonchev–Trinajstić information content (AvgIpc) is 1.87. The van der Waals surface area contributed by atoms with E-state index >= 15 is 0 Å². The van der Waals surface area contributed by atoms with Crippen molar-refractivity contribution in [3.63, 3.8) is 0 Å². The van der Waals surface area contributed by atoms with Crippen LogP contribution in [0.3, 0.4) is 0 Å². The summed E-state index contributed by atoms with van der Waals surface area (Å²) in [6.45, 7) is 3.45. The molecule has 0 aliphatic rings. The first-order chi connectivity index (χ1) is 3.29. The van der Waals surface area contributed by atoms with E-state index in [4.69, 9.17) is 0 Å². The molecule has 0 saturated carbocycles. The van der Waals surface area contributed by atoms with E-state index in [1.165, 1.54) is 12.3 Å².